The number of amides is 2. The fourth-order valence-electron chi connectivity index (χ4n) is 2.09. The summed E-state index contributed by atoms with van der Waals surface area (Å²) in [5, 5.41) is 3.02. The van der Waals surface area contributed by atoms with Crippen LogP contribution >= 0.6 is 11.6 Å². The first-order valence-corrected chi connectivity index (χ1v) is 7.73. The van der Waals surface area contributed by atoms with Crippen molar-refractivity contribution in [2.24, 2.45) is 0 Å². The van der Waals surface area contributed by atoms with Crippen molar-refractivity contribution < 1.29 is 9.59 Å². The minimum atomic E-state index is -0.290. The second-order valence-corrected chi connectivity index (χ2v) is 5.83. The molecule has 126 valence electrons. The number of aromatic nitrogens is 1. The predicted molar refractivity (Wildman–Crippen MR) is 93.4 cm³/mol. The van der Waals surface area contributed by atoms with Crippen LogP contribution in [-0.2, 0) is 11.3 Å². The Hall–Kier alpha value is -2.60. The maximum atomic E-state index is 12.1. The number of nitrogens with one attached hydrogen (secondary N) is 1. The first-order chi connectivity index (χ1) is 11.4. The van der Waals surface area contributed by atoms with Crippen molar-refractivity contribution in [1.82, 2.24) is 9.47 Å². The SMILES string of the molecule is CN(C)C(=O)c1ccc(Cl)c(NC(=O)CCn2ccccc2=O)c1. The molecule has 0 bridgehead atoms. The summed E-state index contributed by atoms with van der Waals surface area (Å²) >= 11 is 6.07. The number of nitrogens with zero attached hydrogens (tertiary/aromatic N) is 2. The summed E-state index contributed by atoms with van der Waals surface area (Å²) in [6, 6.07) is 9.51. The predicted octanol–water partition coefficient (Wildman–Crippen LogP) is 2.23. The van der Waals surface area contributed by atoms with Gasteiger partial charge < -0.3 is 14.8 Å². The number of benzene rings is 1. The first-order valence-electron chi connectivity index (χ1n) is 7.35. The normalized spacial score (nSPS) is 10.3. The fraction of sp³-hybridized carbons (Fsp3) is 0.235. The van der Waals surface area contributed by atoms with E-state index in [1.165, 1.54) is 21.6 Å². The third-order valence-corrected chi connectivity index (χ3v) is 3.70. The van der Waals surface area contributed by atoms with E-state index in [2.05, 4.69) is 5.32 Å². The Morgan fingerprint density at radius 3 is 2.62 bits per heavy atom. The summed E-state index contributed by atoms with van der Waals surface area (Å²) < 4.78 is 1.45. The van der Waals surface area contributed by atoms with Gasteiger partial charge in [0.05, 0.1) is 10.7 Å². The molecule has 0 radical (unpaired) electrons. The maximum absolute atomic E-state index is 12.1. The Morgan fingerprint density at radius 1 is 1.21 bits per heavy atom. The van der Waals surface area contributed by atoms with E-state index < -0.39 is 0 Å². The number of anilines is 1. The van der Waals surface area contributed by atoms with Crippen LogP contribution in [-0.4, -0.2) is 35.4 Å². The molecule has 0 aliphatic rings. The number of carbonyl (C=O) groups is 2. The lowest BCUT2D eigenvalue weighted by molar-refractivity contribution is -0.116. The summed E-state index contributed by atoms with van der Waals surface area (Å²) in [5.74, 6) is -0.472. The molecule has 0 saturated carbocycles. The van der Waals surface area contributed by atoms with Crippen LogP contribution in [0.4, 0.5) is 5.69 Å². The zero-order chi connectivity index (χ0) is 17.7. The monoisotopic (exact) mass is 347 g/mol. The Bertz CT molecular complexity index is 815. The molecule has 0 spiro atoms. The average molecular weight is 348 g/mol. The van der Waals surface area contributed by atoms with Crippen LogP contribution in [0.3, 0.4) is 0 Å². The third kappa shape index (κ3) is 4.45. The van der Waals surface area contributed by atoms with Crippen molar-refractivity contribution in [1.29, 1.82) is 0 Å². The van der Waals surface area contributed by atoms with Gasteiger partial charge in [0, 0.05) is 44.9 Å². The minimum absolute atomic E-state index is 0.117. The van der Waals surface area contributed by atoms with Crippen molar-refractivity contribution in [2.75, 3.05) is 19.4 Å². The Balaban J connectivity index is 2.06. The lowest BCUT2D eigenvalue weighted by Gasteiger charge is -2.13. The van der Waals surface area contributed by atoms with Crippen LogP contribution in [0.1, 0.15) is 16.8 Å². The van der Waals surface area contributed by atoms with Gasteiger partial charge in [0.25, 0.3) is 11.5 Å². The number of aryl methyl sites for hydroxylation is 1. The van der Waals surface area contributed by atoms with Crippen LogP contribution in [0.5, 0.6) is 0 Å². The number of rotatable bonds is 5. The highest BCUT2D eigenvalue weighted by Crippen LogP contribution is 2.23. The van der Waals surface area contributed by atoms with Crippen molar-refractivity contribution >= 4 is 29.1 Å². The van der Waals surface area contributed by atoms with Gasteiger partial charge in [-0.2, -0.15) is 0 Å². The zero-order valence-corrected chi connectivity index (χ0v) is 14.2. The summed E-state index contributed by atoms with van der Waals surface area (Å²) in [6.45, 7) is 0.263. The zero-order valence-electron chi connectivity index (χ0n) is 13.5. The van der Waals surface area contributed by atoms with Gasteiger partial charge in [0.15, 0.2) is 0 Å². The molecule has 1 aromatic heterocycles. The highest BCUT2D eigenvalue weighted by Gasteiger charge is 2.12. The molecule has 2 aromatic rings. The molecule has 2 amide bonds. The molecule has 1 aromatic carbocycles. The molecule has 24 heavy (non-hydrogen) atoms. The first kappa shape index (κ1) is 17.7. The second kappa shape index (κ2) is 7.79. The van der Waals surface area contributed by atoms with Crippen LogP contribution in [0.25, 0.3) is 0 Å². The average Bonchev–Trinajstić information content (AvgIpc) is 2.55. The van der Waals surface area contributed by atoms with Gasteiger partial charge >= 0.3 is 0 Å². The third-order valence-electron chi connectivity index (χ3n) is 3.37. The minimum Gasteiger partial charge on any atom is -0.345 e. The Kier molecular flexibility index (Phi) is 5.76. The summed E-state index contributed by atoms with van der Waals surface area (Å²) in [4.78, 5) is 37.1. The fourth-order valence-corrected chi connectivity index (χ4v) is 2.26. The van der Waals surface area contributed by atoms with Crippen LogP contribution in [0.2, 0.25) is 5.02 Å². The summed E-state index contributed by atoms with van der Waals surface area (Å²) in [5.41, 5.74) is 0.635. The van der Waals surface area contributed by atoms with Crippen LogP contribution in [0.15, 0.2) is 47.4 Å². The van der Waals surface area contributed by atoms with E-state index in [-0.39, 0.29) is 30.3 Å². The largest absolute Gasteiger partial charge is 0.345 e. The van der Waals surface area contributed by atoms with E-state index in [0.717, 1.165) is 0 Å². The van der Waals surface area contributed by atoms with Gasteiger partial charge in [-0.1, -0.05) is 17.7 Å². The smallest absolute Gasteiger partial charge is 0.253 e. The summed E-state index contributed by atoms with van der Waals surface area (Å²) in [7, 11) is 3.29. The number of hydrogen-bond acceptors (Lipinski definition) is 3. The molecule has 0 unspecified atom stereocenters. The van der Waals surface area contributed by atoms with E-state index in [1.54, 1.807) is 44.6 Å². The van der Waals surface area contributed by atoms with Gasteiger partial charge in [-0.15, -0.1) is 0 Å². The molecule has 7 heteroatoms. The van der Waals surface area contributed by atoms with E-state index in [1.807, 2.05) is 0 Å². The lowest BCUT2D eigenvalue weighted by Crippen LogP contribution is -2.23. The summed E-state index contributed by atoms with van der Waals surface area (Å²) in [6.07, 6.45) is 1.74. The van der Waals surface area contributed by atoms with E-state index in [9.17, 15) is 14.4 Å². The molecule has 1 heterocycles. The molecule has 0 aliphatic carbocycles. The molecular formula is C17H18ClN3O3. The topological polar surface area (TPSA) is 71.4 Å². The quantitative estimate of drug-likeness (QED) is 0.901. The van der Waals surface area contributed by atoms with Gasteiger partial charge in [-0.25, -0.2) is 0 Å². The number of carbonyl (C=O) groups excluding carboxylic acids is 2. The van der Waals surface area contributed by atoms with Crippen molar-refractivity contribution in [3.8, 4) is 0 Å². The number of halogens is 1. The van der Waals surface area contributed by atoms with E-state index in [4.69, 9.17) is 11.6 Å². The van der Waals surface area contributed by atoms with Crippen LogP contribution in [0, 0.1) is 0 Å². The standard InChI is InChI=1S/C17H18ClN3O3/c1-20(2)17(24)12-6-7-13(18)14(11-12)19-15(22)8-10-21-9-4-3-5-16(21)23/h3-7,9,11H,8,10H2,1-2H3,(H,19,22). The van der Waals surface area contributed by atoms with Gasteiger partial charge in [-0.3, -0.25) is 14.4 Å². The van der Waals surface area contributed by atoms with E-state index in [0.29, 0.717) is 16.3 Å². The Labute approximate surface area is 144 Å². The molecule has 0 atom stereocenters. The molecule has 6 nitrogen and oxygen atoms in total. The molecule has 1 N–H and O–H groups in total. The molecule has 0 saturated heterocycles. The van der Waals surface area contributed by atoms with Gasteiger partial charge in [0.2, 0.25) is 5.91 Å². The van der Waals surface area contributed by atoms with Crippen LogP contribution < -0.4 is 10.9 Å². The molecule has 2 rings (SSSR count). The number of hydrogen-bond donors (Lipinski definition) is 1. The Morgan fingerprint density at radius 2 is 1.96 bits per heavy atom. The van der Waals surface area contributed by atoms with Gasteiger partial charge in [-0.05, 0) is 24.3 Å². The van der Waals surface area contributed by atoms with E-state index >= 15 is 0 Å². The highest BCUT2D eigenvalue weighted by molar-refractivity contribution is 6.33. The maximum Gasteiger partial charge on any atom is 0.253 e. The second-order valence-electron chi connectivity index (χ2n) is 5.42. The van der Waals surface area contributed by atoms with Crippen molar-refractivity contribution in [2.45, 2.75) is 13.0 Å². The van der Waals surface area contributed by atoms with Gasteiger partial charge in [0.1, 0.15) is 0 Å². The molecular weight excluding hydrogens is 330 g/mol. The number of pyridine rings is 1. The molecule has 0 aliphatic heterocycles. The molecule has 0 fully saturated rings. The highest BCUT2D eigenvalue weighted by atomic mass is 35.5. The van der Waals surface area contributed by atoms with Crippen molar-refractivity contribution in [3.63, 3.8) is 0 Å². The van der Waals surface area contributed by atoms with Crippen molar-refractivity contribution in [3.05, 3.63) is 63.5 Å². The lowest BCUT2D eigenvalue weighted by atomic mass is 10.1.